The third kappa shape index (κ3) is 3.22. The zero-order valence-electron chi connectivity index (χ0n) is 8.76. The highest BCUT2D eigenvalue weighted by molar-refractivity contribution is 9.09. The number of benzene rings is 1. The molecule has 2 heteroatoms. The minimum absolute atomic E-state index is 0.699. The molecule has 1 fully saturated rings. The molecule has 1 aromatic carbocycles. The van der Waals surface area contributed by atoms with Crippen LogP contribution in [0.3, 0.4) is 0 Å². The lowest BCUT2D eigenvalue weighted by molar-refractivity contribution is 0.373. The fraction of sp³-hybridized carbons (Fsp3) is 0.538. The highest BCUT2D eigenvalue weighted by Gasteiger charge is 2.22. The van der Waals surface area contributed by atoms with Crippen LogP contribution in [0.5, 0.6) is 0 Å². The van der Waals surface area contributed by atoms with Crippen LogP contribution in [-0.2, 0) is 6.42 Å². The predicted molar refractivity (Wildman–Crippen MR) is 69.8 cm³/mol. The summed E-state index contributed by atoms with van der Waals surface area (Å²) in [6.45, 7) is 0. The van der Waals surface area contributed by atoms with Gasteiger partial charge in [-0.2, -0.15) is 0 Å². The molecule has 15 heavy (non-hydrogen) atoms. The molecule has 0 N–H and O–H groups in total. The molecule has 0 bridgehead atoms. The van der Waals surface area contributed by atoms with Gasteiger partial charge in [0.2, 0.25) is 0 Å². The van der Waals surface area contributed by atoms with Crippen molar-refractivity contribution in [3.05, 3.63) is 34.9 Å². The van der Waals surface area contributed by atoms with Gasteiger partial charge in [-0.3, -0.25) is 0 Å². The van der Waals surface area contributed by atoms with Crippen molar-refractivity contribution in [2.45, 2.75) is 36.9 Å². The van der Waals surface area contributed by atoms with E-state index in [4.69, 9.17) is 11.6 Å². The lowest BCUT2D eigenvalue weighted by atomic mass is 9.85. The van der Waals surface area contributed by atoms with E-state index in [-0.39, 0.29) is 0 Å². The zero-order valence-corrected chi connectivity index (χ0v) is 11.1. The van der Waals surface area contributed by atoms with Crippen LogP contribution in [0.4, 0.5) is 0 Å². The molecule has 2 rings (SSSR count). The lowest BCUT2D eigenvalue weighted by Crippen LogP contribution is -2.21. The molecule has 1 aromatic rings. The molecule has 0 saturated heterocycles. The van der Waals surface area contributed by atoms with E-state index in [1.165, 1.54) is 31.2 Å². The second-order valence-electron chi connectivity index (χ2n) is 4.39. The summed E-state index contributed by atoms with van der Waals surface area (Å²) in [5.41, 5.74) is 1.37. The van der Waals surface area contributed by atoms with E-state index in [1.807, 2.05) is 12.1 Å². The van der Waals surface area contributed by atoms with Crippen molar-refractivity contribution in [2.24, 2.45) is 5.92 Å². The van der Waals surface area contributed by atoms with E-state index >= 15 is 0 Å². The van der Waals surface area contributed by atoms with Crippen LogP contribution in [0, 0.1) is 5.92 Å². The second kappa shape index (κ2) is 5.36. The normalized spacial score (nSPS) is 26.5. The number of alkyl halides is 1. The van der Waals surface area contributed by atoms with Crippen LogP contribution in [-0.4, -0.2) is 4.83 Å². The highest BCUT2D eigenvalue weighted by atomic mass is 79.9. The number of rotatable bonds is 2. The SMILES string of the molecule is Clc1cccc(CC2CCCCC2Br)c1. The molecule has 1 aliphatic rings. The van der Waals surface area contributed by atoms with Crippen LogP contribution in [0.1, 0.15) is 31.2 Å². The molecule has 0 aliphatic heterocycles. The molecular weight excluding hydrogens is 271 g/mol. The molecule has 1 saturated carbocycles. The summed E-state index contributed by atoms with van der Waals surface area (Å²) in [7, 11) is 0. The molecule has 0 amide bonds. The predicted octanol–water partition coefficient (Wildman–Crippen LogP) is 4.84. The maximum atomic E-state index is 5.99. The van der Waals surface area contributed by atoms with Crippen molar-refractivity contribution in [3.63, 3.8) is 0 Å². The molecule has 0 spiro atoms. The Balaban J connectivity index is 2.01. The molecular formula is C13H16BrCl. The third-order valence-corrected chi connectivity index (χ3v) is 4.64. The maximum Gasteiger partial charge on any atom is 0.0408 e. The van der Waals surface area contributed by atoms with Crippen LogP contribution < -0.4 is 0 Å². The smallest absolute Gasteiger partial charge is 0.0408 e. The van der Waals surface area contributed by atoms with Gasteiger partial charge in [-0.1, -0.05) is 52.5 Å². The zero-order chi connectivity index (χ0) is 10.7. The van der Waals surface area contributed by atoms with E-state index in [0.717, 1.165) is 17.4 Å². The van der Waals surface area contributed by atoms with Crippen molar-refractivity contribution in [1.82, 2.24) is 0 Å². The summed E-state index contributed by atoms with van der Waals surface area (Å²) in [6.07, 6.45) is 6.60. The maximum absolute atomic E-state index is 5.99. The Morgan fingerprint density at radius 1 is 1.27 bits per heavy atom. The van der Waals surface area contributed by atoms with E-state index in [0.29, 0.717) is 4.83 Å². The van der Waals surface area contributed by atoms with Gasteiger partial charge >= 0.3 is 0 Å². The minimum atomic E-state index is 0.699. The summed E-state index contributed by atoms with van der Waals surface area (Å²) < 4.78 is 0. The number of halogens is 2. The van der Waals surface area contributed by atoms with E-state index in [9.17, 15) is 0 Å². The van der Waals surface area contributed by atoms with Gasteiger partial charge in [-0.05, 0) is 42.9 Å². The van der Waals surface area contributed by atoms with E-state index in [2.05, 4.69) is 28.1 Å². The molecule has 2 atom stereocenters. The quantitative estimate of drug-likeness (QED) is 0.683. The monoisotopic (exact) mass is 286 g/mol. The Morgan fingerprint density at radius 3 is 2.80 bits per heavy atom. The average molecular weight is 288 g/mol. The van der Waals surface area contributed by atoms with Crippen LogP contribution in [0.15, 0.2) is 24.3 Å². The van der Waals surface area contributed by atoms with E-state index in [1.54, 1.807) is 0 Å². The fourth-order valence-corrected chi connectivity index (χ4v) is 3.35. The average Bonchev–Trinajstić information content (AvgIpc) is 2.22. The Morgan fingerprint density at radius 2 is 2.07 bits per heavy atom. The molecule has 2 unspecified atom stereocenters. The summed E-state index contributed by atoms with van der Waals surface area (Å²) in [4.78, 5) is 0.699. The second-order valence-corrected chi connectivity index (χ2v) is 6.01. The third-order valence-electron chi connectivity index (χ3n) is 3.20. The summed E-state index contributed by atoms with van der Waals surface area (Å²) in [5.74, 6) is 0.789. The van der Waals surface area contributed by atoms with Crippen LogP contribution >= 0.6 is 27.5 Å². The first kappa shape index (κ1) is 11.5. The number of hydrogen-bond acceptors (Lipinski definition) is 0. The topological polar surface area (TPSA) is 0 Å². The van der Waals surface area contributed by atoms with Crippen molar-refractivity contribution < 1.29 is 0 Å². The Labute approximate surface area is 105 Å². The van der Waals surface area contributed by atoms with Crippen LogP contribution in [0.25, 0.3) is 0 Å². The first-order valence-electron chi connectivity index (χ1n) is 5.64. The van der Waals surface area contributed by atoms with Gasteiger partial charge in [0.15, 0.2) is 0 Å². The standard InChI is InChI=1S/C13H16BrCl/c14-13-7-2-1-5-11(13)8-10-4-3-6-12(15)9-10/h3-4,6,9,11,13H,1-2,5,7-8H2. The molecule has 0 radical (unpaired) electrons. The summed E-state index contributed by atoms with van der Waals surface area (Å²) in [5, 5.41) is 0.856. The summed E-state index contributed by atoms with van der Waals surface area (Å²) in [6, 6.07) is 8.26. The fourth-order valence-electron chi connectivity index (χ4n) is 2.36. The van der Waals surface area contributed by atoms with Crippen molar-refractivity contribution in [3.8, 4) is 0 Å². The minimum Gasteiger partial charge on any atom is -0.0888 e. The summed E-state index contributed by atoms with van der Waals surface area (Å²) >= 11 is 9.78. The van der Waals surface area contributed by atoms with Gasteiger partial charge in [0.25, 0.3) is 0 Å². The van der Waals surface area contributed by atoms with Gasteiger partial charge in [0, 0.05) is 9.85 Å². The first-order valence-corrected chi connectivity index (χ1v) is 6.93. The van der Waals surface area contributed by atoms with E-state index < -0.39 is 0 Å². The largest absolute Gasteiger partial charge is 0.0888 e. The molecule has 0 nitrogen and oxygen atoms in total. The van der Waals surface area contributed by atoms with Gasteiger partial charge in [-0.15, -0.1) is 0 Å². The van der Waals surface area contributed by atoms with Gasteiger partial charge < -0.3 is 0 Å². The first-order chi connectivity index (χ1) is 7.25. The van der Waals surface area contributed by atoms with Gasteiger partial charge in [-0.25, -0.2) is 0 Å². The highest BCUT2D eigenvalue weighted by Crippen LogP contribution is 2.32. The number of hydrogen-bond donors (Lipinski definition) is 0. The van der Waals surface area contributed by atoms with Crippen molar-refractivity contribution in [1.29, 1.82) is 0 Å². The van der Waals surface area contributed by atoms with Gasteiger partial charge in [0.05, 0.1) is 0 Å². The molecule has 0 heterocycles. The van der Waals surface area contributed by atoms with Crippen LogP contribution in [0.2, 0.25) is 5.02 Å². The molecule has 1 aliphatic carbocycles. The van der Waals surface area contributed by atoms with Gasteiger partial charge in [0.1, 0.15) is 0 Å². The Kier molecular flexibility index (Phi) is 4.10. The molecule has 0 aromatic heterocycles. The molecule has 82 valence electrons. The lowest BCUT2D eigenvalue weighted by Gasteiger charge is -2.27. The Hall–Kier alpha value is -0.0100. The Bertz CT molecular complexity index is 324. The van der Waals surface area contributed by atoms with Crippen molar-refractivity contribution >= 4 is 27.5 Å². The van der Waals surface area contributed by atoms with Crippen molar-refractivity contribution in [2.75, 3.05) is 0 Å².